The molecule has 0 aliphatic rings. The van der Waals surface area contributed by atoms with Gasteiger partial charge in [0.05, 0.1) is 91.0 Å². The number of para-hydroxylation sites is 2. The van der Waals surface area contributed by atoms with Crippen molar-refractivity contribution in [3.63, 3.8) is 0 Å². The summed E-state index contributed by atoms with van der Waals surface area (Å²) in [7, 11) is 0. The van der Waals surface area contributed by atoms with E-state index in [1.165, 1.54) is 21.8 Å². The first kappa shape index (κ1) is 74.8. The van der Waals surface area contributed by atoms with Crippen LogP contribution in [0.3, 0.4) is 0 Å². The van der Waals surface area contributed by atoms with Crippen LogP contribution in [0.2, 0.25) is 0 Å². The summed E-state index contributed by atoms with van der Waals surface area (Å²) in [6.45, 7) is 0. The van der Waals surface area contributed by atoms with Gasteiger partial charge in [0.15, 0.2) is 11.6 Å². The summed E-state index contributed by atoms with van der Waals surface area (Å²) < 4.78 is 2.34. The topological polar surface area (TPSA) is 158 Å². The number of nitrogens with zero attached hydrogens (tertiary/aromatic N) is 12. The summed E-state index contributed by atoms with van der Waals surface area (Å²) in [5.74, 6) is 1.40. The van der Waals surface area contributed by atoms with Gasteiger partial charge in [-0.05, 0) is 165 Å². The number of pyridine rings is 6. The zero-order valence-electron chi connectivity index (χ0n) is 66.4. The van der Waals surface area contributed by atoms with Gasteiger partial charge in [-0.25, -0.2) is 29.9 Å². The monoisotopic (exact) mass is 1570 g/mol. The lowest BCUT2D eigenvalue weighted by molar-refractivity contribution is 1.18. The van der Waals surface area contributed by atoms with E-state index in [2.05, 4.69) is 269 Å². The molecule has 0 aliphatic carbocycles. The predicted octanol–water partition coefficient (Wildman–Crippen LogP) is 27.0. The molecule has 576 valence electrons. The molecule has 0 radical (unpaired) electrons. The Morgan fingerprint density at radius 1 is 0.187 bits per heavy atom. The van der Waals surface area contributed by atoms with Crippen LogP contribution in [-0.2, 0) is 0 Å². The van der Waals surface area contributed by atoms with E-state index >= 15 is 0 Å². The fraction of sp³-hybridized carbons (Fsp3) is 0. The lowest BCUT2D eigenvalue weighted by Gasteiger charge is -2.12. The summed E-state index contributed by atoms with van der Waals surface area (Å²) in [4.78, 5) is 49.0. The van der Waals surface area contributed by atoms with Gasteiger partial charge in [0.2, 0.25) is 0 Å². The van der Waals surface area contributed by atoms with E-state index in [1.54, 1.807) is 12.4 Å². The van der Waals surface area contributed by atoms with Crippen LogP contribution in [0, 0.1) is 11.3 Å². The van der Waals surface area contributed by atoms with E-state index < -0.39 is 0 Å². The van der Waals surface area contributed by atoms with Crippen molar-refractivity contribution in [2.75, 3.05) is 0 Å². The zero-order chi connectivity index (χ0) is 82.2. The van der Waals surface area contributed by atoms with Crippen LogP contribution in [0.25, 0.3) is 208 Å². The molecule has 9 heterocycles. The largest absolute Gasteiger partial charge is 0.309 e. The molecule has 0 aliphatic heterocycles. The van der Waals surface area contributed by atoms with Gasteiger partial charge in [0.1, 0.15) is 0 Å². The molecule has 12 nitrogen and oxygen atoms in total. The minimum atomic E-state index is 0.616. The molecular weight excluding hydrogens is 1500 g/mol. The third-order valence-electron chi connectivity index (χ3n) is 22.1. The number of hydrogen-bond donors (Lipinski definition) is 0. The predicted molar refractivity (Wildman–Crippen MR) is 497 cm³/mol. The van der Waals surface area contributed by atoms with Crippen molar-refractivity contribution in [2.24, 2.45) is 0 Å². The van der Waals surface area contributed by atoms with Gasteiger partial charge in [-0.3, -0.25) is 19.9 Å². The molecule has 21 aromatic rings. The smallest absolute Gasteiger partial charge is 0.160 e. The Kier molecular flexibility index (Phi) is 20.6. The van der Waals surface area contributed by atoms with Crippen molar-refractivity contribution < 1.29 is 0 Å². The van der Waals surface area contributed by atoms with E-state index in [-0.39, 0.29) is 0 Å². The zero-order valence-corrected chi connectivity index (χ0v) is 66.4. The Balaban J connectivity index is 0.000000159. The molecule has 0 N–H and O–H groups in total. The second-order valence-electron chi connectivity index (χ2n) is 29.9. The van der Waals surface area contributed by atoms with E-state index in [0.29, 0.717) is 17.2 Å². The maximum Gasteiger partial charge on any atom is 0.160 e. The third kappa shape index (κ3) is 16.1. The lowest BCUT2D eigenvalue weighted by Crippen LogP contribution is -1.96. The molecule has 123 heavy (non-hydrogen) atoms. The Hall–Kier alpha value is -17.0. The molecule has 0 fully saturated rings. The number of fused-ring (bicyclic) bond motifs is 3. The van der Waals surface area contributed by atoms with E-state index in [4.69, 9.17) is 39.9 Å². The van der Waals surface area contributed by atoms with Gasteiger partial charge in [-0.2, -0.15) is 5.26 Å². The van der Waals surface area contributed by atoms with Crippen molar-refractivity contribution in [1.29, 1.82) is 5.26 Å². The molecule has 12 heteroatoms. The van der Waals surface area contributed by atoms with Crippen LogP contribution in [0.1, 0.15) is 5.56 Å². The maximum absolute atomic E-state index is 9.29. The van der Waals surface area contributed by atoms with Gasteiger partial charge in [0.25, 0.3) is 0 Å². The highest BCUT2D eigenvalue weighted by Crippen LogP contribution is 2.39. The number of benzene rings is 12. The molecule has 0 unspecified atom stereocenters. The Bertz CT molecular complexity index is 7200. The first-order valence-corrected chi connectivity index (χ1v) is 40.7. The number of rotatable bonds is 17. The highest BCUT2D eigenvalue weighted by atomic mass is 15.0. The van der Waals surface area contributed by atoms with Crippen LogP contribution in [-0.4, -0.2) is 54.4 Å². The van der Waals surface area contributed by atoms with Crippen LogP contribution < -0.4 is 0 Å². The maximum atomic E-state index is 9.29. The van der Waals surface area contributed by atoms with Crippen molar-refractivity contribution in [1.82, 2.24) is 54.4 Å². The Morgan fingerprint density at radius 2 is 0.463 bits per heavy atom. The Morgan fingerprint density at radius 3 is 0.797 bits per heavy atom. The fourth-order valence-corrected chi connectivity index (χ4v) is 15.6. The standard InChI is InChI=1S/C61H40N6.C50H32N6/c1-3-13-45(14-4-1)55-39-56(66-61(65-55)47-15-5-2-6-16-47)46-28-26-42(27-29-46)41-22-24-43(25-23-41)48-32-35-54(63-40-48)58-38-49(37-57(64-58)53-19-11-12-36-62-53)44-30-33-50(34-31-44)67-59-20-9-7-17-51(59)52-18-8-10-21-60(52)67;51-32-34-14-16-38(17-15-34)43-29-48(44-13-7-8-28-52-44)54-49(30-43)45-27-26-42(33-53-45)37-20-18-35(19-21-37)36-22-24-40(25-23-36)47-31-46(39-9-3-1-4-10-39)55-50(56-47)41-11-5-2-6-12-41/h1-40H;1-31,33H. The summed E-state index contributed by atoms with van der Waals surface area (Å²) in [5.41, 5.74) is 32.7. The molecule has 0 amide bonds. The van der Waals surface area contributed by atoms with Gasteiger partial charge in [0, 0.05) is 85.8 Å². The second-order valence-corrected chi connectivity index (χ2v) is 29.9. The fourth-order valence-electron chi connectivity index (χ4n) is 15.6. The van der Waals surface area contributed by atoms with Gasteiger partial charge in [-0.1, -0.05) is 303 Å². The molecule has 0 bridgehead atoms. The van der Waals surface area contributed by atoms with Crippen molar-refractivity contribution in [3.05, 3.63) is 443 Å². The van der Waals surface area contributed by atoms with Gasteiger partial charge >= 0.3 is 0 Å². The van der Waals surface area contributed by atoms with Crippen molar-refractivity contribution in [3.8, 4) is 192 Å². The molecule has 21 rings (SSSR count). The minimum Gasteiger partial charge on any atom is -0.309 e. The summed E-state index contributed by atoms with van der Waals surface area (Å²) >= 11 is 0. The normalized spacial score (nSPS) is 11.1. The van der Waals surface area contributed by atoms with Crippen LogP contribution in [0.15, 0.2) is 437 Å². The second kappa shape index (κ2) is 33.9. The van der Waals surface area contributed by atoms with E-state index in [1.807, 2.05) is 176 Å². The Labute approximate surface area is 711 Å². The number of hydrogen-bond acceptors (Lipinski definition) is 11. The van der Waals surface area contributed by atoms with E-state index in [9.17, 15) is 5.26 Å². The van der Waals surface area contributed by atoms with E-state index in [0.717, 1.165) is 174 Å². The van der Waals surface area contributed by atoms with Crippen LogP contribution >= 0.6 is 0 Å². The molecule has 0 saturated carbocycles. The molecular formula is C111H72N12. The third-order valence-corrected chi connectivity index (χ3v) is 22.1. The first-order valence-electron chi connectivity index (χ1n) is 40.7. The molecule has 12 aromatic carbocycles. The summed E-state index contributed by atoms with van der Waals surface area (Å²) in [5, 5.41) is 11.8. The average Bonchev–Trinajstić information content (AvgIpc) is 1.59. The van der Waals surface area contributed by atoms with Gasteiger partial charge in [-0.15, -0.1) is 0 Å². The highest BCUT2D eigenvalue weighted by Gasteiger charge is 2.19. The number of aromatic nitrogens is 11. The number of nitriles is 1. The quantitative estimate of drug-likeness (QED) is 0.0854. The lowest BCUT2D eigenvalue weighted by atomic mass is 9.99. The van der Waals surface area contributed by atoms with Gasteiger partial charge < -0.3 is 4.57 Å². The van der Waals surface area contributed by atoms with Crippen LogP contribution in [0.4, 0.5) is 0 Å². The van der Waals surface area contributed by atoms with Crippen molar-refractivity contribution in [2.45, 2.75) is 0 Å². The molecule has 0 saturated heterocycles. The average molecular weight is 1570 g/mol. The SMILES string of the molecule is N#Cc1ccc(-c2cc(-c3ccccn3)nc(-c3ccc(-c4ccc(-c5ccc(-c6cc(-c7ccccc7)nc(-c7ccccc7)n6)cc5)cc4)cn3)c2)cc1.c1ccc(-c2cc(-c3ccc(-c4ccc(-c5ccc(-c6cc(-c7ccc(-n8c9ccccc9c9ccccc98)cc7)cc(-c7ccccn7)n6)nc5)cc4)cc3)nc(-c3ccccc3)n2)cc1. The summed E-state index contributed by atoms with van der Waals surface area (Å²) in [6, 6.07) is 143. The highest BCUT2D eigenvalue weighted by molar-refractivity contribution is 6.09. The molecule has 9 aromatic heterocycles. The van der Waals surface area contributed by atoms with Crippen molar-refractivity contribution >= 4 is 21.8 Å². The minimum absolute atomic E-state index is 0.616. The summed E-state index contributed by atoms with van der Waals surface area (Å²) in [6.07, 6.45) is 7.40. The van der Waals surface area contributed by atoms with Crippen LogP contribution in [0.5, 0.6) is 0 Å². The first-order chi connectivity index (χ1) is 60.8. The molecule has 0 atom stereocenters. The molecule has 0 spiro atoms.